The minimum absolute atomic E-state index is 0.00834. The van der Waals surface area contributed by atoms with Gasteiger partial charge in [0.15, 0.2) is 0 Å². The molecule has 0 N–H and O–H groups in total. The van der Waals surface area contributed by atoms with E-state index in [2.05, 4.69) is 27.7 Å². The zero-order chi connectivity index (χ0) is 60.4. The summed E-state index contributed by atoms with van der Waals surface area (Å²) in [6.07, 6.45) is 14.1. The molecule has 1 amide bonds. The number of hydrogen-bond donors (Lipinski definition) is 0. The minimum atomic E-state index is -8.53. The highest BCUT2D eigenvalue weighted by atomic mass is 19.4. The molecule has 0 aromatic carbocycles. The number of carbonyl (C=O) groups excluding carboxylic acids is 3. The van der Waals surface area contributed by atoms with E-state index >= 15 is 17.6 Å². The number of carbonyl (C=O) groups is 3. The summed E-state index contributed by atoms with van der Waals surface area (Å²) >= 11 is 0. The van der Waals surface area contributed by atoms with Crippen molar-refractivity contribution in [1.29, 1.82) is 0 Å². The van der Waals surface area contributed by atoms with Crippen LogP contribution in [-0.2, 0) is 23.9 Å². The Bertz CT molecular complexity index is 1610. The number of esters is 2. The lowest BCUT2D eigenvalue weighted by molar-refractivity contribution is -0.450. The van der Waals surface area contributed by atoms with Crippen molar-refractivity contribution in [1.82, 2.24) is 9.80 Å². The second-order valence-electron chi connectivity index (χ2n) is 22.0. The lowest BCUT2D eigenvalue weighted by Crippen LogP contribution is -2.74. The van der Waals surface area contributed by atoms with E-state index in [-0.39, 0.29) is 114 Å². The Kier molecular flexibility index (Phi) is 37.6. The molecule has 0 aliphatic heterocycles. The van der Waals surface area contributed by atoms with Crippen LogP contribution >= 0.6 is 0 Å². The predicted molar refractivity (Wildman–Crippen MR) is 278 cm³/mol. The van der Waals surface area contributed by atoms with Crippen molar-refractivity contribution < 1.29 is 89.7 Å². The van der Waals surface area contributed by atoms with E-state index in [0.29, 0.717) is 0 Å². The monoisotopic (exact) mass is 1170 g/mol. The summed E-state index contributed by atoms with van der Waals surface area (Å²) in [5.41, 5.74) is 0. The van der Waals surface area contributed by atoms with Crippen LogP contribution in [0.5, 0.6) is 0 Å². The van der Waals surface area contributed by atoms with Crippen molar-refractivity contribution in [3.63, 3.8) is 0 Å². The van der Waals surface area contributed by atoms with Gasteiger partial charge in [-0.2, -0.15) is 65.9 Å². The van der Waals surface area contributed by atoms with Crippen LogP contribution in [0, 0.1) is 11.8 Å². The number of amides is 1. The van der Waals surface area contributed by atoms with E-state index in [1.807, 2.05) is 0 Å². The van der Waals surface area contributed by atoms with Crippen LogP contribution in [0.15, 0.2) is 0 Å². The molecule has 2 atom stereocenters. The summed E-state index contributed by atoms with van der Waals surface area (Å²) in [6, 6.07) is -1.59. The zero-order valence-electron chi connectivity index (χ0n) is 48.2. The number of rotatable bonds is 50. The van der Waals surface area contributed by atoms with Gasteiger partial charge in [-0.15, -0.1) is 0 Å². The molecule has 0 fully saturated rings. The molecule has 0 aliphatic rings. The standard InChI is InChI=1S/C57H97F15N2O5/c1-7-11-15-19-20-26-36-46(35-25-18-14-10-4)44-79-49(76)40-30-22-28-38-47(37-27-21-29-39-48(75)78-43-45(33-23-16-12-8-2)34-24-17-13-9-3)74(42-32-31-41-73(5)6)50(77)51(58,59)52(60,61)53(62,63)54(64,65)55(66,67)56(68,69)57(70,71)72/h45-47H,7-44H2,1-6H3. The molecule has 0 bridgehead atoms. The molecule has 0 aromatic heterocycles. The molecule has 7 nitrogen and oxygen atoms in total. The number of halogens is 15. The van der Waals surface area contributed by atoms with Crippen LogP contribution in [0.3, 0.4) is 0 Å². The average Bonchev–Trinajstić information content (AvgIpc) is 3.39. The molecule has 470 valence electrons. The molecular weight excluding hydrogens is 1080 g/mol. The largest absolute Gasteiger partial charge is 0.465 e. The molecule has 0 aliphatic carbocycles. The highest BCUT2D eigenvalue weighted by Crippen LogP contribution is 2.62. The molecule has 0 radical (unpaired) electrons. The van der Waals surface area contributed by atoms with Gasteiger partial charge in [-0.25, -0.2) is 0 Å². The van der Waals surface area contributed by atoms with Gasteiger partial charge in [0.05, 0.1) is 13.2 Å². The highest BCUT2D eigenvalue weighted by molar-refractivity contribution is 5.85. The van der Waals surface area contributed by atoms with Crippen molar-refractivity contribution in [2.24, 2.45) is 11.8 Å². The Morgan fingerprint density at radius 3 is 1.04 bits per heavy atom. The van der Waals surface area contributed by atoms with E-state index in [9.17, 15) is 62.7 Å². The van der Waals surface area contributed by atoms with Gasteiger partial charge in [-0.05, 0) is 96.7 Å². The Balaban J connectivity index is 6.62. The van der Waals surface area contributed by atoms with Crippen LogP contribution in [0.1, 0.15) is 246 Å². The van der Waals surface area contributed by atoms with E-state index in [0.717, 1.165) is 141 Å². The maximum Gasteiger partial charge on any atom is 0.460 e. The first kappa shape index (κ1) is 76.3. The number of ether oxygens (including phenoxy) is 2. The van der Waals surface area contributed by atoms with E-state index in [1.165, 1.54) is 0 Å². The second-order valence-corrected chi connectivity index (χ2v) is 22.0. The van der Waals surface area contributed by atoms with Gasteiger partial charge in [0.2, 0.25) is 0 Å². The van der Waals surface area contributed by atoms with Gasteiger partial charge in [-0.1, -0.05) is 169 Å². The molecule has 0 aromatic rings. The molecule has 79 heavy (non-hydrogen) atoms. The first-order valence-corrected chi connectivity index (χ1v) is 29.5. The van der Waals surface area contributed by atoms with Gasteiger partial charge in [0.25, 0.3) is 5.91 Å². The quantitative estimate of drug-likeness (QED) is 0.0343. The van der Waals surface area contributed by atoms with Crippen LogP contribution < -0.4 is 0 Å². The normalized spacial score (nSPS) is 14.1. The summed E-state index contributed by atoms with van der Waals surface area (Å²) in [7, 11) is 3.16. The van der Waals surface area contributed by atoms with Gasteiger partial charge in [-0.3, -0.25) is 14.4 Å². The fourth-order valence-electron chi connectivity index (χ4n) is 9.53. The third kappa shape index (κ3) is 26.2. The van der Waals surface area contributed by atoms with Gasteiger partial charge in [0.1, 0.15) is 0 Å². The summed E-state index contributed by atoms with van der Waals surface area (Å²) in [6.45, 7) is 8.08. The molecule has 0 heterocycles. The van der Waals surface area contributed by atoms with Crippen molar-refractivity contribution in [3.05, 3.63) is 0 Å². The molecule has 0 saturated heterocycles. The topological polar surface area (TPSA) is 76.2 Å². The molecule has 0 saturated carbocycles. The highest BCUT2D eigenvalue weighted by Gasteiger charge is 2.94. The van der Waals surface area contributed by atoms with Crippen LogP contribution in [0.4, 0.5) is 65.9 Å². The van der Waals surface area contributed by atoms with Gasteiger partial charge in [0, 0.05) is 25.4 Å². The first-order valence-electron chi connectivity index (χ1n) is 29.5. The smallest absolute Gasteiger partial charge is 0.460 e. The Morgan fingerprint density at radius 1 is 0.367 bits per heavy atom. The Labute approximate surface area is 462 Å². The predicted octanol–water partition coefficient (Wildman–Crippen LogP) is 18.8. The fourth-order valence-corrected chi connectivity index (χ4v) is 9.53. The number of alkyl halides is 15. The average molecular weight is 1180 g/mol. The molecule has 2 unspecified atom stereocenters. The lowest BCUT2D eigenvalue weighted by Gasteiger charge is -2.42. The third-order valence-corrected chi connectivity index (χ3v) is 14.7. The number of unbranched alkanes of at least 4 members (excludes halogenated alkanes) is 19. The van der Waals surface area contributed by atoms with Crippen molar-refractivity contribution >= 4 is 17.8 Å². The van der Waals surface area contributed by atoms with Gasteiger partial charge < -0.3 is 19.3 Å². The Hall–Kier alpha value is -2.68. The van der Waals surface area contributed by atoms with Crippen LogP contribution in [0.25, 0.3) is 0 Å². The number of hydrogen-bond acceptors (Lipinski definition) is 6. The van der Waals surface area contributed by atoms with E-state index in [4.69, 9.17) is 9.47 Å². The Morgan fingerprint density at radius 2 is 0.671 bits per heavy atom. The van der Waals surface area contributed by atoms with Crippen LogP contribution in [-0.4, -0.2) is 116 Å². The summed E-state index contributed by atoms with van der Waals surface area (Å²) in [4.78, 5) is 41.0. The second kappa shape index (κ2) is 39.0. The van der Waals surface area contributed by atoms with E-state index in [1.54, 1.807) is 19.0 Å². The SMILES string of the molecule is CCCCCCCCC(CCCCCC)COC(=O)CCCCCC(CCCCCC(=O)OCC(CCCCCC)CCCCCC)N(CCCCN(C)C)C(=O)C(F)(F)C(F)(F)C(F)(F)C(F)(F)C(F)(F)C(F)(F)C(F)(F)F. The van der Waals surface area contributed by atoms with Crippen molar-refractivity contribution in [2.45, 2.75) is 294 Å². The zero-order valence-corrected chi connectivity index (χ0v) is 48.2. The maximum atomic E-state index is 15.8. The lowest BCUT2D eigenvalue weighted by atomic mass is 9.90. The first-order chi connectivity index (χ1) is 36.9. The minimum Gasteiger partial charge on any atom is -0.465 e. The van der Waals surface area contributed by atoms with E-state index < -0.39 is 72.1 Å². The molecular formula is C57H97F15N2O5. The molecule has 0 spiro atoms. The van der Waals surface area contributed by atoms with Gasteiger partial charge >= 0.3 is 53.7 Å². The summed E-state index contributed by atoms with van der Waals surface area (Å²) in [5, 5.41) is 0. The summed E-state index contributed by atoms with van der Waals surface area (Å²) in [5.74, 6) is -52.7. The third-order valence-electron chi connectivity index (χ3n) is 14.7. The van der Waals surface area contributed by atoms with Crippen molar-refractivity contribution in [3.8, 4) is 0 Å². The van der Waals surface area contributed by atoms with Crippen LogP contribution in [0.2, 0.25) is 0 Å². The number of nitrogens with zero attached hydrogens (tertiary/aromatic N) is 2. The fraction of sp³-hybridized carbons (Fsp3) is 0.947. The van der Waals surface area contributed by atoms with Crippen molar-refractivity contribution in [2.75, 3.05) is 40.4 Å². The molecule has 0 rings (SSSR count). The summed E-state index contributed by atoms with van der Waals surface area (Å²) < 4.78 is 227. The molecule has 22 heteroatoms. The maximum absolute atomic E-state index is 15.8.